The molecule has 0 bridgehead atoms. The molecule has 1 saturated heterocycles. The Kier molecular flexibility index (Phi) is 4.37. The second-order valence-corrected chi connectivity index (χ2v) is 7.36. The number of aromatic nitrogens is 1. The van der Waals surface area contributed by atoms with Crippen molar-refractivity contribution < 1.29 is 9.90 Å². The van der Waals surface area contributed by atoms with Crippen molar-refractivity contribution in [3.8, 4) is 9.88 Å². The molecule has 1 unspecified atom stereocenters. The molecule has 21 heavy (non-hydrogen) atoms. The van der Waals surface area contributed by atoms with Gasteiger partial charge in [0.25, 0.3) is 5.91 Å². The van der Waals surface area contributed by atoms with Gasteiger partial charge in [-0.05, 0) is 37.1 Å². The summed E-state index contributed by atoms with van der Waals surface area (Å²) in [6.07, 6.45) is 3.15. The lowest BCUT2D eigenvalue weighted by molar-refractivity contribution is 0.0525. The molecule has 0 spiro atoms. The fourth-order valence-electron chi connectivity index (χ4n) is 2.63. The van der Waals surface area contributed by atoms with E-state index in [-0.39, 0.29) is 12.0 Å². The topological polar surface area (TPSA) is 53.4 Å². The lowest BCUT2D eigenvalue weighted by Crippen LogP contribution is -2.40. The number of likely N-dealkylation sites (tertiary alicyclic amines) is 1. The fraction of sp³-hybridized carbons (Fsp3) is 0.467. The third-order valence-electron chi connectivity index (χ3n) is 3.96. The summed E-state index contributed by atoms with van der Waals surface area (Å²) in [7, 11) is 0. The molecule has 1 N–H and O–H groups in total. The van der Waals surface area contributed by atoms with Crippen LogP contribution in [0.3, 0.4) is 0 Å². The first kappa shape index (κ1) is 14.7. The highest BCUT2D eigenvalue weighted by atomic mass is 32.1. The maximum atomic E-state index is 12.5. The van der Waals surface area contributed by atoms with Crippen molar-refractivity contribution in [3.63, 3.8) is 0 Å². The van der Waals surface area contributed by atoms with Gasteiger partial charge >= 0.3 is 0 Å². The molecule has 0 radical (unpaired) electrons. The third kappa shape index (κ3) is 3.17. The van der Waals surface area contributed by atoms with Crippen LogP contribution in [-0.4, -0.2) is 40.1 Å². The summed E-state index contributed by atoms with van der Waals surface area (Å²) in [4.78, 5) is 20.5. The normalized spacial score (nSPS) is 17.9. The number of hydrogen-bond acceptors (Lipinski definition) is 5. The van der Waals surface area contributed by atoms with Gasteiger partial charge in [0.1, 0.15) is 9.88 Å². The molecule has 4 nitrogen and oxygen atoms in total. The number of hydrogen-bond donors (Lipinski definition) is 1. The Balaban J connectivity index is 1.66. The van der Waals surface area contributed by atoms with E-state index in [2.05, 4.69) is 4.98 Å². The van der Waals surface area contributed by atoms with Crippen molar-refractivity contribution in [1.29, 1.82) is 0 Å². The van der Waals surface area contributed by atoms with Crippen molar-refractivity contribution in [1.82, 2.24) is 9.88 Å². The quantitative estimate of drug-likeness (QED) is 0.944. The third-order valence-corrected chi connectivity index (χ3v) is 5.98. The number of aliphatic hydroxyl groups is 1. The minimum Gasteiger partial charge on any atom is -0.393 e. The van der Waals surface area contributed by atoms with Gasteiger partial charge in [-0.3, -0.25) is 4.79 Å². The lowest BCUT2D eigenvalue weighted by Gasteiger charge is -2.32. The Hall–Kier alpha value is -1.24. The predicted octanol–water partition coefficient (Wildman–Crippen LogP) is 3.10. The molecular weight excluding hydrogens is 304 g/mol. The Morgan fingerprint density at radius 3 is 2.86 bits per heavy atom. The maximum Gasteiger partial charge on any atom is 0.265 e. The number of thiophene rings is 1. The summed E-state index contributed by atoms with van der Waals surface area (Å²) < 4.78 is 0. The van der Waals surface area contributed by atoms with Crippen LogP contribution in [-0.2, 0) is 0 Å². The molecule has 112 valence electrons. The zero-order valence-corrected chi connectivity index (χ0v) is 13.5. The fourth-order valence-corrected chi connectivity index (χ4v) is 4.32. The standard InChI is InChI=1S/C15H18N2O2S2/c1-10(18)11-4-6-17(7-5-11)15(19)13-9-16-14(21-13)12-3-2-8-20-12/h2-3,8-11,18H,4-7H2,1H3. The second kappa shape index (κ2) is 6.25. The van der Waals surface area contributed by atoms with Crippen LogP contribution in [0.25, 0.3) is 9.88 Å². The van der Waals surface area contributed by atoms with Crippen molar-refractivity contribution in [2.24, 2.45) is 5.92 Å². The molecule has 1 aliphatic rings. The monoisotopic (exact) mass is 322 g/mol. The molecule has 1 fully saturated rings. The van der Waals surface area contributed by atoms with E-state index >= 15 is 0 Å². The van der Waals surface area contributed by atoms with E-state index in [1.807, 2.05) is 29.3 Å². The Morgan fingerprint density at radius 2 is 2.24 bits per heavy atom. The number of carbonyl (C=O) groups excluding carboxylic acids is 1. The Morgan fingerprint density at radius 1 is 1.48 bits per heavy atom. The summed E-state index contributed by atoms with van der Waals surface area (Å²) in [5.74, 6) is 0.386. The van der Waals surface area contributed by atoms with E-state index in [4.69, 9.17) is 0 Å². The minimum atomic E-state index is -0.281. The number of carbonyl (C=O) groups is 1. The average Bonchev–Trinajstić information content (AvgIpc) is 3.17. The van der Waals surface area contributed by atoms with E-state index in [1.165, 1.54) is 11.3 Å². The molecule has 3 rings (SSSR count). The summed E-state index contributed by atoms with van der Waals surface area (Å²) in [5.41, 5.74) is 0. The van der Waals surface area contributed by atoms with Gasteiger partial charge in [-0.15, -0.1) is 22.7 Å². The van der Waals surface area contributed by atoms with Crippen LogP contribution in [0.1, 0.15) is 29.4 Å². The van der Waals surface area contributed by atoms with Crippen LogP contribution in [0.4, 0.5) is 0 Å². The molecule has 1 amide bonds. The lowest BCUT2D eigenvalue weighted by atomic mass is 9.92. The van der Waals surface area contributed by atoms with E-state index in [9.17, 15) is 9.90 Å². The molecule has 0 aromatic carbocycles. The highest BCUT2D eigenvalue weighted by Gasteiger charge is 2.27. The molecule has 1 aliphatic heterocycles. The molecular formula is C15H18N2O2S2. The molecule has 2 aromatic rings. The summed E-state index contributed by atoms with van der Waals surface area (Å²) in [5, 5.41) is 12.5. The van der Waals surface area contributed by atoms with Crippen molar-refractivity contribution >= 4 is 28.6 Å². The first-order valence-electron chi connectivity index (χ1n) is 7.12. The van der Waals surface area contributed by atoms with Crippen LogP contribution in [0.2, 0.25) is 0 Å². The SMILES string of the molecule is CC(O)C1CCN(C(=O)c2cnc(-c3cccs3)s2)CC1. The Bertz CT molecular complexity index is 599. The van der Waals surface area contributed by atoms with E-state index in [0.717, 1.165) is 35.8 Å². The maximum absolute atomic E-state index is 12.5. The largest absolute Gasteiger partial charge is 0.393 e. The molecule has 0 saturated carbocycles. The average molecular weight is 322 g/mol. The van der Waals surface area contributed by atoms with Crippen LogP contribution < -0.4 is 0 Å². The number of amides is 1. The summed E-state index contributed by atoms with van der Waals surface area (Å²) >= 11 is 3.09. The van der Waals surface area contributed by atoms with Crippen molar-refractivity contribution in [3.05, 3.63) is 28.6 Å². The van der Waals surface area contributed by atoms with E-state index in [1.54, 1.807) is 17.5 Å². The Labute approximate surface area is 132 Å². The van der Waals surface area contributed by atoms with Crippen molar-refractivity contribution in [2.75, 3.05) is 13.1 Å². The highest BCUT2D eigenvalue weighted by molar-refractivity contribution is 7.21. The van der Waals surface area contributed by atoms with E-state index in [0.29, 0.717) is 10.8 Å². The van der Waals surface area contributed by atoms with Crippen LogP contribution in [0.5, 0.6) is 0 Å². The molecule has 0 aliphatic carbocycles. The van der Waals surface area contributed by atoms with Gasteiger partial charge in [0.2, 0.25) is 0 Å². The highest BCUT2D eigenvalue weighted by Crippen LogP contribution is 2.30. The number of nitrogens with zero attached hydrogens (tertiary/aromatic N) is 2. The van der Waals surface area contributed by atoms with E-state index < -0.39 is 0 Å². The number of rotatable bonds is 3. The van der Waals surface area contributed by atoms with Gasteiger partial charge in [0, 0.05) is 13.1 Å². The summed E-state index contributed by atoms with van der Waals surface area (Å²) in [6.45, 7) is 3.28. The molecule has 6 heteroatoms. The molecule has 3 heterocycles. The smallest absolute Gasteiger partial charge is 0.265 e. The summed E-state index contributed by atoms with van der Waals surface area (Å²) in [6, 6.07) is 4.01. The van der Waals surface area contributed by atoms with Crippen LogP contribution in [0, 0.1) is 5.92 Å². The minimum absolute atomic E-state index is 0.0688. The zero-order valence-electron chi connectivity index (χ0n) is 11.9. The number of piperidine rings is 1. The number of aliphatic hydroxyl groups excluding tert-OH is 1. The van der Waals surface area contributed by atoms with Gasteiger partial charge in [-0.1, -0.05) is 6.07 Å². The van der Waals surface area contributed by atoms with Gasteiger partial charge in [-0.25, -0.2) is 4.98 Å². The first-order valence-corrected chi connectivity index (χ1v) is 8.82. The first-order chi connectivity index (χ1) is 10.1. The van der Waals surface area contributed by atoms with Gasteiger partial charge in [0.05, 0.1) is 17.2 Å². The van der Waals surface area contributed by atoms with Gasteiger partial charge in [-0.2, -0.15) is 0 Å². The molecule has 2 aromatic heterocycles. The van der Waals surface area contributed by atoms with Crippen molar-refractivity contribution in [2.45, 2.75) is 25.9 Å². The zero-order chi connectivity index (χ0) is 14.8. The molecule has 1 atom stereocenters. The number of thiazole rings is 1. The van der Waals surface area contributed by atoms with Crippen LogP contribution in [0.15, 0.2) is 23.7 Å². The van der Waals surface area contributed by atoms with Gasteiger partial charge < -0.3 is 10.0 Å². The van der Waals surface area contributed by atoms with Gasteiger partial charge in [0.15, 0.2) is 0 Å². The second-order valence-electron chi connectivity index (χ2n) is 5.38. The predicted molar refractivity (Wildman–Crippen MR) is 85.7 cm³/mol. The van der Waals surface area contributed by atoms with Crippen LogP contribution >= 0.6 is 22.7 Å².